The molecule has 198 valence electrons. The minimum absolute atomic E-state index is 0.00793. The number of hydrogen-bond donors (Lipinski definition) is 0. The predicted octanol–water partition coefficient (Wildman–Crippen LogP) is 1.89. The molecule has 2 aromatic heterocycles. The molecule has 5 aliphatic rings. The van der Waals surface area contributed by atoms with Crippen molar-refractivity contribution >= 4 is 34.4 Å². The summed E-state index contributed by atoms with van der Waals surface area (Å²) in [5.41, 5.74) is 2.47. The summed E-state index contributed by atoms with van der Waals surface area (Å²) in [7, 11) is 0. The molecule has 1 amide bonds. The van der Waals surface area contributed by atoms with Crippen LogP contribution in [0.3, 0.4) is 0 Å². The van der Waals surface area contributed by atoms with Gasteiger partial charge in [-0.3, -0.25) is 24.1 Å². The molecule has 0 aromatic carbocycles. The maximum Gasteiger partial charge on any atom is 0.308 e. The minimum atomic E-state index is -0.689. The zero-order chi connectivity index (χ0) is 26.8. The van der Waals surface area contributed by atoms with Crippen molar-refractivity contribution in [3.63, 3.8) is 0 Å². The molecule has 1 saturated heterocycles. The second kappa shape index (κ2) is 9.03. The quantitative estimate of drug-likeness (QED) is 0.537. The number of carbonyl (C=O) groups is 2. The molecule has 0 saturated carbocycles. The number of rotatable bonds is 2. The van der Waals surface area contributed by atoms with E-state index in [1.54, 1.807) is 33.2 Å². The van der Waals surface area contributed by atoms with Gasteiger partial charge in [-0.25, -0.2) is 4.39 Å². The Bertz CT molecular complexity index is 1750. The summed E-state index contributed by atoms with van der Waals surface area (Å²) < 4.78 is 28.7. The number of esters is 1. The Morgan fingerprint density at radius 3 is 2.97 bits per heavy atom. The topological polar surface area (TPSA) is 81.1 Å². The van der Waals surface area contributed by atoms with Gasteiger partial charge in [0.2, 0.25) is 11.2 Å². The van der Waals surface area contributed by atoms with E-state index in [0.717, 1.165) is 26.5 Å². The van der Waals surface area contributed by atoms with Crippen LogP contribution in [0.1, 0.15) is 23.8 Å². The van der Waals surface area contributed by atoms with Crippen molar-refractivity contribution in [3.05, 3.63) is 97.2 Å². The first-order chi connectivity index (χ1) is 18.9. The van der Waals surface area contributed by atoms with E-state index < -0.39 is 29.5 Å². The van der Waals surface area contributed by atoms with Crippen LogP contribution in [0.4, 0.5) is 4.39 Å². The van der Waals surface area contributed by atoms with Gasteiger partial charge in [-0.2, -0.15) is 0 Å². The van der Waals surface area contributed by atoms with Gasteiger partial charge in [-0.15, -0.1) is 11.3 Å². The monoisotopic (exact) mass is 545 g/mol. The molecular formula is C29H24FN3O5S. The van der Waals surface area contributed by atoms with Gasteiger partial charge in [-0.1, -0.05) is 24.3 Å². The fraction of sp³-hybridized carbons (Fsp3) is 0.276. The van der Waals surface area contributed by atoms with Crippen molar-refractivity contribution in [2.75, 3.05) is 24.8 Å². The maximum atomic E-state index is 14.8. The van der Waals surface area contributed by atoms with E-state index >= 15 is 0 Å². The molecule has 4 heterocycles. The molecule has 3 aliphatic carbocycles. The smallest absolute Gasteiger partial charge is 0.308 e. The summed E-state index contributed by atoms with van der Waals surface area (Å²) in [6.45, 7) is 2.09. The third-order valence-corrected chi connectivity index (χ3v) is 8.77. The summed E-state index contributed by atoms with van der Waals surface area (Å²) >= 11 is 1.63. The SMILES string of the molecule is CC(=O)Oc1c2n(ccc1=O)N(C1C3=CC=CCC3=c3sccc3=C3C=C(F)C=CC31)[C@@H]1COCCN1C2=O. The maximum absolute atomic E-state index is 14.8. The van der Waals surface area contributed by atoms with Gasteiger partial charge in [0.25, 0.3) is 5.91 Å². The Morgan fingerprint density at radius 1 is 1.26 bits per heavy atom. The van der Waals surface area contributed by atoms with E-state index in [1.165, 1.54) is 19.1 Å². The lowest BCUT2D eigenvalue weighted by molar-refractivity contribution is -0.132. The lowest BCUT2D eigenvalue weighted by atomic mass is 9.80. The summed E-state index contributed by atoms with van der Waals surface area (Å²) in [4.78, 5) is 40.4. The highest BCUT2D eigenvalue weighted by atomic mass is 32.1. The van der Waals surface area contributed by atoms with Crippen molar-refractivity contribution < 1.29 is 23.5 Å². The van der Waals surface area contributed by atoms with Gasteiger partial charge >= 0.3 is 5.97 Å². The normalized spacial score (nSPS) is 25.1. The molecule has 39 heavy (non-hydrogen) atoms. The molecule has 2 aliphatic heterocycles. The van der Waals surface area contributed by atoms with Crippen molar-refractivity contribution in [3.8, 4) is 5.75 Å². The van der Waals surface area contributed by atoms with E-state index in [0.29, 0.717) is 19.6 Å². The number of carbonyl (C=O) groups excluding carboxylic acids is 2. The fourth-order valence-corrected chi connectivity index (χ4v) is 7.25. The average molecular weight is 546 g/mol. The second-order valence-electron chi connectivity index (χ2n) is 9.94. The van der Waals surface area contributed by atoms with E-state index in [1.807, 2.05) is 28.6 Å². The van der Waals surface area contributed by atoms with Gasteiger partial charge in [0.1, 0.15) is 12.0 Å². The zero-order valence-corrected chi connectivity index (χ0v) is 21.8. The van der Waals surface area contributed by atoms with E-state index in [2.05, 4.69) is 12.2 Å². The first-order valence-electron chi connectivity index (χ1n) is 12.8. The molecule has 0 N–H and O–H groups in total. The molecule has 2 aromatic rings. The van der Waals surface area contributed by atoms with E-state index in [-0.39, 0.29) is 29.8 Å². The summed E-state index contributed by atoms with van der Waals surface area (Å²) in [6, 6.07) is 2.94. The first kappa shape index (κ1) is 24.1. The number of pyridine rings is 1. The van der Waals surface area contributed by atoms with Crippen LogP contribution in [-0.4, -0.2) is 53.4 Å². The number of halogens is 1. The van der Waals surface area contributed by atoms with Crippen molar-refractivity contribution in [1.29, 1.82) is 0 Å². The van der Waals surface area contributed by atoms with Crippen LogP contribution in [0.15, 0.2) is 76.4 Å². The molecule has 0 radical (unpaired) electrons. The summed E-state index contributed by atoms with van der Waals surface area (Å²) in [6.07, 6.45) is 12.9. The lowest BCUT2D eigenvalue weighted by Gasteiger charge is -2.53. The minimum Gasteiger partial charge on any atom is -0.420 e. The van der Waals surface area contributed by atoms with Crippen molar-refractivity contribution in [2.45, 2.75) is 25.6 Å². The van der Waals surface area contributed by atoms with Gasteiger partial charge in [0.05, 0.1) is 19.3 Å². The van der Waals surface area contributed by atoms with Crippen LogP contribution in [0.2, 0.25) is 0 Å². The molecule has 0 spiro atoms. The van der Waals surface area contributed by atoms with E-state index in [9.17, 15) is 18.8 Å². The number of ether oxygens (including phenoxy) is 2. The van der Waals surface area contributed by atoms with Crippen molar-refractivity contribution in [2.24, 2.45) is 5.92 Å². The van der Waals surface area contributed by atoms with Crippen molar-refractivity contribution in [1.82, 2.24) is 9.58 Å². The highest BCUT2D eigenvalue weighted by Crippen LogP contribution is 2.41. The van der Waals surface area contributed by atoms with Crippen LogP contribution in [-0.2, 0) is 9.53 Å². The number of fused-ring (bicyclic) bond motifs is 5. The molecule has 1 fully saturated rings. The number of nitrogens with zero attached hydrogens (tertiary/aromatic N) is 3. The Kier molecular flexibility index (Phi) is 5.57. The lowest BCUT2D eigenvalue weighted by Crippen LogP contribution is -2.69. The second-order valence-corrected chi connectivity index (χ2v) is 10.9. The van der Waals surface area contributed by atoms with Crippen LogP contribution in [0.25, 0.3) is 11.1 Å². The number of thiophene rings is 1. The van der Waals surface area contributed by atoms with E-state index in [4.69, 9.17) is 9.47 Å². The number of aromatic nitrogens is 1. The Morgan fingerprint density at radius 2 is 2.13 bits per heavy atom. The Balaban J connectivity index is 1.54. The average Bonchev–Trinajstić information content (AvgIpc) is 3.39. The Labute approximate surface area is 226 Å². The predicted molar refractivity (Wildman–Crippen MR) is 144 cm³/mol. The molecular weight excluding hydrogens is 521 g/mol. The number of morpholine rings is 1. The number of allylic oxidation sites excluding steroid dienone is 6. The largest absolute Gasteiger partial charge is 0.420 e. The molecule has 0 bridgehead atoms. The molecule has 2 unspecified atom stereocenters. The van der Waals surface area contributed by atoms with Crippen LogP contribution >= 0.6 is 11.3 Å². The third kappa shape index (κ3) is 3.62. The highest BCUT2D eigenvalue weighted by molar-refractivity contribution is 7.07. The van der Waals surface area contributed by atoms with Gasteiger partial charge < -0.3 is 14.4 Å². The highest BCUT2D eigenvalue weighted by Gasteiger charge is 2.48. The summed E-state index contributed by atoms with van der Waals surface area (Å²) in [5.74, 6) is -2.00. The molecule has 10 heteroatoms. The van der Waals surface area contributed by atoms with Gasteiger partial charge in [0, 0.05) is 36.2 Å². The molecule has 3 atom stereocenters. The fourth-order valence-electron chi connectivity index (χ4n) is 6.26. The van der Waals surface area contributed by atoms with Crippen LogP contribution in [0, 0.1) is 5.92 Å². The standard InChI is InChI=1S/C29H24FN3O5S/c1-16(34)38-27-23(35)8-10-32-26(27)29(36)31-11-12-37-15-24(31)33(32)25-18-4-2-3-5-20(18)28-21(9-13-39-28)22-14-17(30)6-7-19(22)25/h2-4,6-10,13-14,19,24-25H,5,11-12,15H2,1H3/t19?,24-,25?/m1/s1. The molecule has 7 rings (SSSR count). The van der Waals surface area contributed by atoms with Crippen LogP contribution < -0.4 is 24.9 Å². The third-order valence-electron chi connectivity index (χ3n) is 7.79. The zero-order valence-electron chi connectivity index (χ0n) is 21.0. The summed E-state index contributed by atoms with van der Waals surface area (Å²) in [5, 5.41) is 5.06. The number of amides is 1. The van der Waals surface area contributed by atoms with Gasteiger partial charge in [-0.05, 0) is 52.0 Å². The molecule has 8 nitrogen and oxygen atoms in total. The first-order valence-corrected chi connectivity index (χ1v) is 13.7. The number of hydrogen-bond acceptors (Lipinski definition) is 7. The van der Waals surface area contributed by atoms with Crippen LogP contribution in [0.5, 0.6) is 5.75 Å². The Hall–Kier alpha value is -4.02. The van der Waals surface area contributed by atoms with Gasteiger partial charge in [0.15, 0.2) is 5.69 Å².